The van der Waals surface area contributed by atoms with E-state index >= 15 is 0 Å². The van der Waals surface area contributed by atoms with Crippen molar-refractivity contribution in [1.82, 2.24) is 19.6 Å². The number of aryl methyl sites for hydroxylation is 1. The van der Waals surface area contributed by atoms with Gasteiger partial charge in [-0.1, -0.05) is 0 Å². The molecule has 2 N–H and O–H groups in total. The zero-order valence-electron chi connectivity index (χ0n) is 12.7. The molecule has 2 rings (SSSR count). The molecule has 1 aromatic rings. The van der Waals surface area contributed by atoms with Gasteiger partial charge in [0.1, 0.15) is 0 Å². The lowest BCUT2D eigenvalue weighted by molar-refractivity contribution is 0.0571. The molecular formula is C14H25N5O. The SMILES string of the molecule is Cc1c(C(=O)N2CCN(C)C(C)C2)cnn1CCCN. The average molecular weight is 279 g/mol. The maximum absolute atomic E-state index is 12.6. The summed E-state index contributed by atoms with van der Waals surface area (Å²) in [5, 5.41) is 4.31. The monoisotopic (exact) mass is 279 g/mol. The highest BCUT2D eigenvalue weighted by Gasteiger charge is 2.27. The van der Waals surface area contributed by atoms with Crippen molar-refractivity contribution in [2.45, 2.75) is 32.9 Å². The Balaban J connectivity index is 2.07. The predicted octanol–water partition coefficient (Wildman–Crippen LogP) is 0.316. The van der Waals surface area contributed by atoms with Gasteiger partial charge < -0.3 is 15.5 Å². The summed E-state index contributed by atoms with van der Waals surface area (Å²) in [6.45, 7) is 8.00. The first-order valence-electron chi connectivity index (χ1n) is 7.26. The van der Waals surface area contributed by atoms with Gasteiger partial charge in [0.2, 0.25) is 0 Å². The Kier molecular flexibility index (Phi) is 4.77. The molecule has 1 aliphatic heterocycles. The van der Waals surface area contributed by atoms with Crippen LogP contribution in [0.15, 0.2) is 6.20 Å². The van der Waals surface area contributed by atoms with Crippen LogP contribution in [-0.2, 0) is 6.54 Å². The number of aromatic nitrogens is 2. The van der Waals surface area contributed by atoms with Gasteiger partial charge >= 0.3 is 0 Å². The summed E-state index contributed by atoms with van der Waals surface area (Å²) in [7, 11) is 2.10. The lowest BCUT2D eigenvalue weighted by Gasteiger charge is -2.37. The fourth-order valence-corrected chi connectivity index (χ4v) is 2.53. The van der Waals surface area contributed by atoms with E-state index in [1.54, 1.807) is 6.20 Å². The summed E-state index contributed by atoms with van der Waals surface area (Å²) in [5.41, 5.74) is 7.18. The number of carbonyl (C=O) groups is 1. The van der Waals surface area contributed by atoms with Crippen molar-refractivity contribution < 1.29 is 4.79 Å². The van der Waals surface area contributed by atoms with Crippen molar-refractivity contribution in [2.75, 3.05) is 33.2 Å². The van der Waals surface area contributed by atoms with Crippen LogP contribution < -0.4 is 5.73 Å². The van der Waals surface area contributed by atoms with Crippen molar-refractivity contribution in [2.24, 2.45) is 5.73 Å². The molecule has 0 aliphatic carbocycles. The van der Waals surface area contributed by atoms with Crippen molar-refractivity contribution in [1.29, 1.82) is 0 Å². The van der Waals surface area contributed by atoms with E-state index in [0.29, 0.717) is 12.6 Å². The van der Waals surface area contributed by atoms with Crippen LogP contribution >= 0.6 is 0 Å². The molecule has 2 heterocycles. The van der Waals surface area contributed by atoms with Gasteiger partial charge in [-0.05, 0) is 33.9 Å². The first-order valence-corrected chi connectivity index (χ1v) is 7.26. The molecule has 6 heteroatoms. The van der Waals surface area contributed by atoms with Crippen LogP contribution in [0.5, 0.6) is 0 Å². The summed E-state index contributed by atoms with van der Waals surface area (Å²) < 4.78 is 1.87. The maximum Gasteiger partial charge on any atom is 0.257 e. The molecule has 1 aromatic heterocycles. The lowest BCUT2D eigenvalue weighted by atomic mass is 10.1. The van der Waals surface area contributed by atoms with E-state index in [4.69, 9.17) is 5.73 Å². The summed E-state index contributed by atoms with van der Waals surface area (Å²) >= 11 is 0. The van der Waals surface area contributed by atoms with Crippen LogP contribution in [0.25, 0.3) is 0 Å². The van der Waals surface area contributed by atoms with Crippen molar-refractivity contribution >= 4 is 5.91 Å². The lowest BCUT2D eigenvalue weighted by Crippen LogP contribution is -2.52. The fraction of sp³-hybridized carbons (Fsp3) is 0.714. The van der Waals surface area contributed by atoms with E-state index in [1.807, 2.05) is 16.5 Å². The summed E-state index contributed by atoms with van der Waals surface area (Å²) in [4.78, 5) is 16.8. The van der Waals surface area contributed by atoms with E-state index in [9.17, 15) is 4.79 Å². The highest BCUT2D eigenvalue weighted by atomic mass is 16.2. The van der Waals surface area contributed by atoms with E-state index in [2.05, 4.69) is 24.0 Å². The van der Waals surface area contributed by atoms with Gasteiger partial charge in [0.15, 0.2) is 0 Å². The van der Waals surface area contributed by atoms with Crippen molar-refractivity contribution in [3.8, 4) is 0 Å². The first kappa shape index (κ1) is 15.0. The van der Waals surface area contributed by atoms with Crippen LogP contribution in [0.3, 0.4) is 0 Å². The van der Waals surface area contributed by atoms with E-state index in [1.165, 1.54) is 0 Å². The third-order valence-corrected chi connectivity index (χ3v) is 4.15. The second-order valence-corrected chi connectivity index (χ2v) is 5.59. The number of nitrogens with two attached hydrogens (primary N) is 1. The smallest absolute Gasteiger partial charge is 0.257 e. The first-order chi connectivity index (χ1) is 9.54. The van der Waals surface area contributed by atoms with Gasteiger partial charge in [-0.3, -0.25) is 9.48 Å². The normalized spacial score (nSPS) is 20.4. The van der Waals surface area contributed by atoms with E-state index < -0.39 is 0 Å². The zero-order chi connectivity index (χ0) is 14.7. The molecule has 1 atom stereocenters. The number of rotatable bonds is 4. The number of carbonyl (C=O) groups excluding carboxylic acids is 1. The molecule has 0 spiro atoms. The second-order valence-electron chi connectivity index (χ2n) is 5.59. The van der Waals surface area contributed by atoms with Gasteiger partial charge in [-0.15, -0.1) is 0 Å². The van der Waals surface area contributed by atoms with Gasteiger partial charge in [-0.25, -0.2) is 0 Å². The fourth-order valence-electron chi connectivity index (χ4n) is 2.53. The van der Waals surface area contributed by atoms with Gasteiger partial charge in [0, 0.05) is 37.9 Å². The summed E-state index contributed by atoms with van der Waals surface area (Å²) in [5.74, 6) is 0.0986. The number of hydrogen-bond donors (Lipinski definition) is 1. The van der Waals surface area contributed by atoms with E-state index in [-0.39, 0.29) is 5.91 Å². The van der Waals surface area contributed by atoms with Crippen LogP contribution in [-0.4, -0.2) is 64.8 Å². The molecular weight excluding hydrogens is 254 g/mol. The minimum absolute atomic E-state index is 0.0986. The number of hydrogen-bond acceptors (Lipinski definition) is 4. The molecule has 0 radical (unpaired) electrons. The minimum Gasteiger partial charge on any atom is -0.336 e. The minimum atomic E-state index is 0.0986. The number of likely N-dealkylation sites (N-methyl/N-ethyl adjacent to an activating group) is 1. The van der Waals surface area contributed by atoms with Gasteiger partial charge in [0.05, 0.1) is 11.8 Å². The third-order valence-electron chi connectivity index (χ3n) is 4.15. The van der Waals surface area contributed by atoms with Crippen LogP contribution in [0, 0.1) is 6.92 Å². The quantitative estimate of drug-likeness (QED) is 0.862. The molecule has 0 saturated carbocycles. The molecule has 1 saturated heterocycles. The zero-order valence-corrected chi connectivity index (χ0v) is 12.7. The Morgan fingerprint density at radius 2 is 2.25 bits per heavy atom. The predicted molar refractivity (Wildman–Crippen MR) is 78.6 cm³/mol. The summed E-state index contributed by atoms with van der Waals surface area (Å²) in [6, 6.07) is 0.403. The molecule has 1 aliphatic rings. The summed E-state index contributed by atoms with van der Waals surface area (Å²) in [6.07, 6.45) is 2.57. The molecule has 6 nitrogen and oxygen atoms in total. The van der Waals surface area contributed by atoms with Gasteiger partial charge in [0.25, 0.3) is 5.91 Å². The Bertz CT molecular complexity index is 470. The Hall–Kier alpha value is -1.40. The highest BCUT2D eigenvalue weighted by Crippen LogP contribution is 2.15. The Labute approximate surface area is 120 Å². The molecule has 0 bridgehead atoms. The van der Waals surface area contributed by atoms with Crippen LogP contribution in [0.4, 0.5) is 0 Å². The Morgan fingerprint density at radius 3 is 2.90 bits per heavy atom. The highest BCUT2D eigenvalue weighted by molar-refractivity contribution is 5.95. The van der Waals surface area contributed by atoms with Crippen LogP contribution in [0.2, 0.25) is 0 Å². The molecule has 112 valence electrons. The number of amides is 1. The third kappa shape index (κ3) is 3.02. The standard InChI is InChI=1S/C14H25N5O/c1-11-10-18(8-7-17(11)3)14(20)13-9-16-19(12(13)2)6-4-5-15/h9,11H,4-8,10,15H2,1-3H3. The molecule has 1 unspecified atom stereocenters. The molecule has 1 amide bonds. The Morgan fingerprint density at radius 1 is 1.50 bits per heavy atom. The van der Waals surface area contributed by atoms with Crippen molar-refractivity contribution in [3.63, 3.8) is 0 Å². The van der Waals surface area contributed by atoms with Gasteiger partial charge in [-0.2, -0.15) is 5.10 Å². The average Bonchev–Trinajstić information content (AvgIpc) is 2.80. The number of nitrogens with zero attached hydrogens (tertiary/aromatic N) is 4. The number of piperazine rings is 1. The van der Waals surface area contributed by atoms with E-state index in [0.717, 1.165) is 43.9 Å². The largest absolute Gasteiger partial charge is 0.336 e. The topological polar surface area (TPSA) is 67.4 Å². The maximum atomic E-state index is 12.6. The second kappa shape index (κ2) is 6.37. The molecule has 20 heavy (non-hydrogen) atoms. The van der Waals surface area contributed by atoms with Crippen molar-refractivity contribution in [3.05, 3.63) is 17.5 Å². The molecule has 1 fully saturated rings. The molecule has 0 aromatic carbocycles. The van der Waals surface area contributed by atoms with Crippen LogP contribution in [0.1, 0.15) is 29.4 Å².